The van der Waals surface area contributed by atoms with E-state index < -0.39 is 35.6 Å². The lowest BCUT2D eigenvalue weighted by atomic mass is 9.88. The lowest BCUT2D eigenvalue weighted by molar-refractivity contribution is -0.135. The van der Waals surface area contributed by atoms with Gasteiger partial charge in [0.2, 0.25) is 11.8 Å². The number of halogens is 1. The second-order valence-electron chi connectivity index (χ2n) is 12.3. The van der Waals surface area contributed by atoms with Gasteiger partial charge in [-0.1, -0.05) is 25.1 Å². The van der Waals surface area contributed by atoms with E-state index in [1.54, 1.807) is 17.9 Å². The Bertz CT molecular complexity index is 1300. The van der Waals surface area contributed by atoms with Gasteiger partial charge in [0.1, 0.15) is 17.6 Å². The molecule has 1 aliphatic heterocycles. The van der Waals surface area contributed by atoms with Gasteiger partial charge in [-0.15, -0.1) is 0 Å². The number of piperazine rings is 1. The molecule has 12 heteroatoms. The van der Waals surface area contributed by atoms with Crippen molar-refractivity contribution in [2.45, 2.75) is 76.9 Å². The normalized spacial score (nSPS) is 21.6. The molecule has 0 spiro atoms. The number of aryl methyl sites for hydroxylation is 1. The summed E-state index contributed by atoms with van der Waals surface area (Å²) in [6.45, 7) is 7.68. The van der Waals surface area contributed by atoms with E-state index in [-0.39, 0.29) is 29.2 Å². The van der Waals surface area contributed by atoms with E-state index in [1.165, 1.54) is 12.1 Å². The van der Waals surface area contributed by atoms with Crippen LogP contribution in [0.4, 0.5) is 10.1 Å². The monoisotopic (exact) mass is 583 g/mol. The SMILES string of the molecule is CCc1nonc1C(=O)N[C@H](C(=O)Nc1ccc([C@H](C)[C@@H](N)C(=O)N2CCN(C)[C@H](C)C2)cc1F)C(C1CC1)C1CC1. The Morgan fingerprint density at radius 2 is 1.83 bits per heavy atom. The molecule has 1 saturated heterocycles. The molecule has 2 aliphatic carbocycles. The van der Waals surface area contributed by atoms with E-state index in [0.717, 1.165) is 32.2 Å². The molecule has 1 aromatic carbocycles. The number of rotatable bonds is 11. The van der Waals surface area contributed by atoms with E-state index in [0.29, 0.717) is 42.6 Å². The minimum absolute atomic E-state index is 0.00526. The predicted octanol–water partition coefficient (Wildman–Crippen LogP) is 2.54. The fourth-order valence-corrected chi connectivity index (χ4v) is 6.06. The van der Waals surface area contributed by atoms with Crippen LogP contribution in [0.15, 0.2) is 22.8 Å². The van der Waals surface area contributed by atoms with Crippen LogP contribution in [0.3, 0.4) is 0 Å². The second kappa shape index (κ2) is 12.5. The van der Waals surface area contributed by atoms with Crippen molar-refractivity contribution in [1.29, 1.82) is 0 Å². The van der Waals surface area contributed by atoms with Crippen LogP contribution in [-0.4, -0.2) is 82.6 Å². The standard InChI is InChI=1S/C30H42FN7O4/c1-5-22-26(36-42-35-22)28(39)34-27(24(18-6-7-18)19-8-9-19)29(40)33-23-11-10-20(14-21(23)31)17(3)25(32)30(41)38-13-12-37(4)16(2)15-38/h10-11,14,16-19,24-25,27H,5-9,12-13,15,32H2,1-4H3,(H,33,40)(H,34,39)/t16-,17+,25-,27+/m1/s1. The molecule has 2 aromatic rings. The van der Waals surface area contributed by atoms with Gasteiger partial charge in [-0.05, 0) is 86.7 Å². The third-order valence-corrected chi connectivity index (χ3v) is 9.27. The summed E-state index contributed by atoms with van der Waals surface area (Å²) < 4.78 is 20.2. The van der Waals surface area contributed by atoms with E-state index in [2.05, 4.69) is 32.8 Å². The molecule has 2 saturated carbocycles. The summed E-state index contributed by atoms with van der Waals surface area (Å²) in [5.74, 6) is -1.59. The maximum absolute atomic E-state index is 15.4. The molecular formula is C30H42FN7O4. The number of likely N-dealkylation sites (N-methyl/N-ethyl adjacent to an activating group) is 1. The molecular weight excluding hydrogens is 541 g/mol. The molecule has 4 N–H and O–H groups in total. The Morgan fingerprint density at radius 3 is 2.43 bits per heavy atom. The molecule has 3 amide bonds. The van der Waals surface area contributed by atoms with Crippen LogP contribution in [0.2, 0.25) is 0 Å². The highest BCUT2D eigenvalue weighted by atomic mass is 19.1. The summed E-state index contributed by atoms with van der Waals surface area (Å²) in [4.78, 5) is 43.9. The number of carbonyl (C=O) groups is 3. The quantitative estimate of drug-likeness (QED) is 0.366. The van der Waals surface area contributed by atoms with Gasteiger partial charge in [0.15, 0.2) is 5.69 Å². The van der Waals surface area contributed by atoms with Gasteiger partial charge < -0.3 is 26.2 Å². The van der Waals surface area contributed by atoms with Gasteiger partial charge in [-0.2, -0.15) is 0 Å². The van der Waals surface area contributed by atoms with Gasteiger partial charge in [-0.3, -0.25) is 14.4 Å². The number of hydrogen-bond donors (Lipinski definition) is 3. The summed E-state index contributed by atoms with van der Waals surface area (Å²) in [6.07, 6.45) is 4.45. The maximum atomic E-state index is 15.4. The number of nitrogens with two attached hydrogens (primary N) is 1. The molecule has 11 nitrogen and oxygen atoms in total. The minimum Gasteiger partial charge on any atom is -0.338 e. The third kappa shape index (κ3) is 6.49. The number of carbonyl (C=O) groups excluding carboxylic acids is 3. The molecule has 2 heterocycles. The van der Waals surface area contributed by atoms with Gasteiger partial charge in [0.05, 0.1) is 11.7 Å². The summed E-state index contributed by atoms with van der Waals surface area (Å²) in [7, 11) is 2.03. The fraction of sp³-hybridized carbons (Fsp3) is 0.633. The first-order valence-corrected chi connectivity index (χ1v) is 15.1. The first-order chi connectivity index (χ1) is 20.1. The van der Waals surface area contributed by atoms with Crippen LogP contribution in [0.1, 0.15) is 74.1 Å². The van der Waals surface area contributed by atoms with Crippen LogP contribution in [-0.2, 0) is 16.0 Å². The Kier molecular flexibility index (Phi) is 8.93. The largest absolute Gasteiger partial charge is 0.338 e. The van der Waals surface area contributed by atoms with Crippen molar-refractivity contribution in [2.75, 3.05) is 32.0 Å². The van der Waals surface area contributed by atoms with E-state index >= 15 is 4.39 Å². The van der Waals surface area contributed by atoms with Crippen LogP contribution in [0.25, 0.3) is 0 Å². The second-order valence-corrected chi connectivity index (χ2v) is 12.3. The zero-order valence-corrected chi connectivity index (χ0v) is 24.8. The number of amides is 3. The molecule has 0 unspecified atom stereocenters. The van der Waals surface area contributed by atoms with Gasteiger partial charge in [0.25, 0.3) is 5.91 Å². The summed E-state index contributed by atoms with van der Waals surface area (Å²) in [5, 5.41) is 13.1. The van der Waals surface area contributed by atoms with E-state index in [9.17, 15) is 14.4 Å². The zero-order valence-electron chi connectivity index (χ0n) is 24.8. The summed E-state index contributed by atoms with van der Waals surface area (Å²) >= 11 is 0. The van der Waals surface area contributed by atoms with Crippen molar-refractivity contribution in [3.63, 3.8) is 0 Å². The smallest absolute Gasteiger partial charge is 0.276 e. The molecule has 5 rings (SSSR count). The van der Waals surface area contributed by atoms with E-state index in [1.807, 2.05) is 14.0 Å². The topological polar surface area (TPSA) is 147 Å². The Balaban J connectivity index is 1.29. The molecule has 4 atom stereocenters. The number of nitrogens with one attached hydrogen (secondary N) is 2. The first-order valence-electron chi connectivity index (χ1n) is 15.1. The molecule has 0 bridgehead atoms. The fourth-order valence-electron chi connectivity index (χ4n) is 6.06. The van der Waals surface area contributed by atoms with Gasteiger partial charge in [-0.25, -0.2) is 9.02 Å². The molecule has 3 fully saturated rings. The number of benzene rings is 1. The molecule has 3 aliphatic rings. The highest BCUT2D eigenvalue weighted by Gasteiger charge is 2.48. The van der Waals surface area contributed by atoms with Crippen LogP contribution < -0.4 is 16.4 Å². The van der Waals surface area contributed by atoms with Crippen molar-refractivity contribution >= 4 is 23.4 Å². The Hall–Kier alpha value is -3.38. The summed E-state index contributed by atoms with van der Waals surface area (Å²) in [5.41, 5.74) is 7.41. The minimum atomic E-state index is -0.853. The lowest BCUT2D eigenvalue weighted by Gasteiger charge is -2.39. The third-order valence-electron chi connectivity index (χ3n) is 9.27. The number of aromatic nitrogens is 2. The van der Waals surface area contributed by atoms with Crippen molar-refractivity contribution < 1.29 is 23.4 Å². The Labute approximate surface area is 245 Å². The van der Waals surface area contributed by atoms with Crippen molar-refractivity contribution in [2.24, 2.45) is 23.5 Å². The average Bonchev–Trinajstić information content (AvgIpc) is 3.93. The highest BCUT2D eigenvalue weighted by molar-refractivity contribution is 6.01. The molecule has 228 valence electrons. The highest BCUT2D eigenvalue weighted by Crippen LogP contribution is 2.51. The van der Waals surface area contributed by atoms with Crippen molar-refractivity contribution in [1.82, 2.24) is 25.4 Å². The molecule has 42 heavy (non-hydrogen) atoms. The number of anilines is 1. The number of nitrogens with zero attached hydrogens (tertiary/aromatic N) is 4. The van der Waals surface area contributed by atoms with Gasteiger partial charge in [0, 0.05) is 31.6 Å². The molecule has 1 aromatic heterocycles. The van der Waals surface area contributed by atoms with Crippen LogP contribution in [0.5, 0.6) is 0 Å². The zero-order chi connectivity index (χ0) is 30.1. The Morgan fingerprint density at radius 1 is 1.14 bits per heavy atom. The van der Waals surface area contributed by atoms with Crippen LogP contribution >= 0.6 is 0 Å². The summed E-state index contributed by atoms with van der Waals surface area (Å²) in [6, 6.07) is 3.06. The average molecular weight is 584 g/mol. The first kappa shape index (κ1) is 30.1. The van der Waals surface area contributed by atoms with Crippen molar-refractivity contribution in [3.05, 3.63) is 41.0 Å². The lowest BCUT2D eigenvalue weighted by Crippen LogP contribution is -2.56. The molecule has 0 radical (unpaired) electrons. The van der Waals surface area contributed by atoms with Crippen molar-refractivity contribution in [3.8, 4) is 0 Å². The number of hydrogen-bond acceptors (Lipinski definition) is 8. The maximum Gasteiger partial charge on any atom is 0.276 e. The van der Waals surface area contributed by atoms with Crippen LogP contribution in [0, 0.1) is 23.6 Å². The van der Waals surface area contributed by atoms with E-state index in [4.69, 9.17) is 10.4 Å². The predicted molar refractivity (Wildman–Crippen MR) is 154 cm³/mol. The van der Waals surface area contributed by atoms with Gasteiger partial charge >= 0.3 is 0 Å².